The Morgan fingerprint density at radius 3 is 2.00 bits per heavy atom. The number of methoxy groups -OCH3 is 3. The molecule has 0 aliphatic carbocycles. The molecular weight excluding hydrogens is 284 g/mol. The molecule has 0 saturated carbocycles. The van der Waals surface area contributed by atoms with Crippen molar-refractivity contribution < 1.29 is 24.4 Å². The highest BCUT2D eigenvalue weighted by Gasteiger charge is 2.12. The zero-order valence-electron chi connectivity index (χ0n) is 12.9. The summed E-state index contributed by atoms with van der Waals surface area (Å²) >= 11 is 0. The minimum Gasteiger partial charge on any atom is -0.504 e. The van der Waals surface area contributed by atoms with Gasteiger partial charge in [0.2, 0.25) is 5.75 Å². The summed E-state index contributed by atoms with van der Waals surface area (Å²) in [6.07, 6.45) is 1.45. The monoisotopic (exact) mass is 304 g/mol. The fourth-order valence-electron chi connectivity index (χ4n) is 2.31. The maximum Gasteiger partial charge on any atom is 0.203 e. The fraction of sp³-hybridized carbons (Fsp3) is 0.294. The normalized spacial score (nSPS) is 10.3. The molecule has 0 atom stereocenters. The molecule has 0 spiro atoms. The highest BCUT2D eigenvalue weighted by molar-refractivity contribution is 5.53. The van der Waals surface area contributed by atoms with Crippen molar-refractivity contribution in [2.75, 3.05) is 21.3 Å². The number of ether oxygens (including phenoxy) is 3. The summed E-state index contributed by atoms with van der Waals surface area (Å²) in [7, 11) is 4.54. The van der Waals surface area contributed by atoms with Gasteiger partial charge in [0.05, 0.1) is 21.3 Å². The average Bonchev–Trinajstić information content (AvgIpc) is 2.53. The van der Waals surface area contributed by atoms with Gasteiger partial charge >= 0.3 is 0 Å². The van der Waals surface area contributed by atoms with Crippen molar-refractivity contribution in [3.05, 3.63) is 41.5 Å². The van der Waals surface area contributed by atoms with Gasteiger partial charge in [-0.25, -0.2) is 0 Å². The van der Waals surface area contributed by atoms with Crippen LogP contribution in [0.25, 0.3) is 0 Å². The summed E-state index contributed by atoms with van der Waals surface area (Å²) in [5, 5.41) is 19.6. The molecule has 22 heavy (non-hydrogen) atoms. The maximum absolute atomic E-state index is 9.96. The van der Waals surface area contributed by atoms with Crippen LogP contribution in [0.5, 0.6) is 28.7 Å². The first kappa shape index (κ1) is 15.8. The van der Waals surface area contributed by atoms with Crippen LogP contribution in [0, 0.1) is 0 Å². The molecule has 5 nitrogen and oxygen atoms in total. The van der Waals surface area contributed by atoms with Gasteiger partial charge in [-0.1, -0.05) is 6.07 Å². The first-order chi connectivity index (χ1) is 10.6. The highest BCUT2D eigenvalue weighted by atomic mass is 16.5. The fourth-order valence-corrected chi connectivity index (χ4v) is 2.31. The summed E-state index contributed by atoms with van der Waals surface area (Å²) in [5.74, 6) is 1.46. The molecule has 0 aromatic heterocycles. The number of phenolic OH excluding ortho intramolecular Hbond substituents is 2. The van der Waals surface area contributed by atoms with Gasteiger partial charge < -0.3 is 24.4 Å². The van der Waals surface area contributed by atoms with Gasteiger partial charge in [-0.2, -0.15) is 0 Å². The molecule has 0 fully saturated rings. The Bertz CT molecular complexity index is 652. The molecule has 2 aromatic rings. The van der Waals surface area contributed by atoms with Crippen LogP contribution in [0.3, 0.4) is 0 Å². The third kappa shape index (κ3) is 3.36. The molecule has 2 rings (SSSR count). The lowest BCUT2D eigenvalue weighted by molar-refractivity contribution is 0.332. The van der Waals surface area contributed by atoms with Crippen molar-refractivity contribution in [3.63, 3.8) is 0 Å². The lowest BCUT2D eigenvalue weighted by atomic mass is 10.0. The molecule has 0 bridgehead atoms. The van der Waals surface area contributed by atoms with Crippen LogP contribution in [0.1, 0.15) is 11.1 Å². The Balaban J connectivity index is 2.16. The molecule has 2 aromatic carbocycles. The molecule has 0 unspecified atom stereocenters. The number of hydrogen-bond donors (Lipinski definition) is 2. The Kier molecular flexibility index (Phi) is 4.99. The molecule has 0 aliphatic heterocycles. The Morgan fingerprint density at radius 2 is 1.36 bits per heavy atom. The highest BCUT2D eigenvalue weighted by Crippen LogP contribution is 2.37. The second kappa shape index (κ2) is 6.93. The van der Waals surface area contributed by atoms with Crippen molar-refractivity contribution in [2.45, 2.75) is 12.8 Å². The third-order valence-electron chi connectivity index (χ3n) is 3.47. The van der Waals surface area contributed by atoms with Crippen molar-refractivity contribution in [2.24, 2.45) is 0 Å². The van der Waals surface area contributed by atoms with E-state index < -0.39 is 0 Å². The van der Waals surface area contributed by atoms with Gasteiger partial charge in [0.1, 0.15) is 0 Å². The smallest absolute Gasteiger partial charge is 0.203 e. The van der Waals surface area contributed by atoms with Gasteiger partial charge in [-0.15, -0.1) is 0 Å². The predicted molar refractivity (Wildman–Crippen MR) is 83.3 cm³/mol. The summed E-state index contributed by atoms with van der Waals surface area (Å²) in [6.45, 7) is 0. The number of phenols is 2. The van der Waals surface area contributed by atoms with Crippen LogP contribution in [0.4, 0.5) is 0 Å². The van der Waals surface area contributed by atoms with E-state index in [4.69, 9.17) is 14.2 Å². The van der Waals surface area contributed by atoms with Crippen LogP contribution in [0.2, 0.25) is 0 Å². The second-order valence-corrected chi connectivity index (χ2v) is 4.86. The number of aryl methyl sites for hydroxylation is 2. The first-order valence-corrected chi connectivity index (χ1v) is 6.88. The van der Waals surface area contributed by atoms with E-state index in [-0.39, 0.29) is 11.5 Å². The summed E-state index contributed by atoms with van der Waals surface area (Å²) in [4.78, 5) is 0. The number of hydrogen-bond acceptors (Lipinski definition) is 5. The van der Waals surface area contributed by atoms with Gasteiger partial charge in [0.25, 0.3) is 0 Å². The summed E-state index contributed by atoms with van der Waals surface area (Å²) < 4.78 is 15.4. The molecule has 0 heterocycles. The Morgan fingerprint density at radius 1 is 0.727 bits per heavy atom. The topological polar surface area (TPSA) is 68.2 Å². The van der Waals surface area contributed by atoms with Crippen molar-refractivity contribution in [1.29, 1.82) is 0 Å². The van der Waals surface area contributed by atoms with E-state index in [1.807, 2.05) is 12.1 Å². The Hall–Kier alpha value is -2.56. The van der Waals surface area contributed by atoms with Crippen LogP contribution < -0.4 is 14.2 Å². The number of aromatic hydroxyl groups is 2. The maximum atomic E-state index is 9.96. The number of rotatable bonds is 6. The first-order valence-electron chi connectivity index (χ1n) is 6.88. The molecule has 5 heteroatoms. The van der Waals surface area contributed by atoms with E-state index in [9.17, 15) is 10.2 Å². The lowest BCUT2D eigenvalue weighted by Crippen LogP contribution is -1.96. The minimum atomic E-state index is 0.0557. The van der Waals surface area contributed by atoms with E-state index in [0.717, 1.165) is 17.5 Å². The third-order valence-corrected chi connectivity index (χ3v) is 3.47. The van der Waals surface area contributed by atoms with Crippen LogP contribution in [-0.2, 0) is 12.8 Å². The van der Waals surface area contributed by atoms with E-state index in [1.54, 1.807) is 18.2 Å². The molecular formula is C17H20O5. The van der Waals surface area contributed by atoms with Crippen LogP contribution in [-0.4, -0.2) is 31.5 Å². The molecule has 0 radical (unpaired) electrons. The van der Waals surface area contributed by atoms with Gasteiger partial charge in [0, 0.05) is 0 Å². The van der Waals surface area contributed by atoms with Gasteiger partial charge in [0.15, 0.2) is 23.0 Å². The quantitative estimate of drug-likeness (QED) is 0.859. The van der Waals surface area contributed by atoms with Crippen molar-refractivity contribution >= 4 is 0 Å². The van der Waals surface area contributed by atoms with E-state index in [2.05, 4.69) is 0 Å². The SMILES string of the molecule is COc1cc(CCc2cc(O)c(OC)c(OC)c2)ccc1O. The van der Waals surface area contributed by atoms with Crippen LogP contribution in [0.15, 0.2) is 30.3 Å². The minimum absolute atomic E-state index is 0.0557. The largest absolute Gasteiger partial charge is 0.504 e. The molecule has 118 valence electrons. The summed E-state index contributed by atoms with van der Waals surface area (Å²) in [6, 6.07) is 8.77. The van der Waals surface area contributed by atoms with Crippen molar-refractivity contribution in [3.8, 4) is 28.7 Å². The van der Waals surface area contributed by atoms with Gasteiger partial charge in [-0.3, -0.25) is 0 Å². The summed E-state index contributed by atoms with van der Waals surface area (Å²) in [5.41, 5.74) is 1.96. The van der Waals surface area contributed by atoms with Crippen molar-refractivity contribution in [1.82, 2.24) is 0 Å². The van der Waals surface area contributed by atoms with Gasteiger partial charge in [-0.05, 0) is 48.2 Å². The van der Waals surface area contributed by atoms with E-state index >= 15 is 0 Å². The standard InChI is InChI=1S/C17H20O5/c1-20-15-9-11(6-7-13(15)18)4-5-12-8-14(19)17(22-3)16(10-12)21-2/h6-10,18-19H,4-5H2,1-3H3. The molecule has 0 saturated heterocycles. The Labute approximate surface area is 129 Å². The lowest BCUT2D eigenvalue weighted by Gasteiger charge is -2.12. The number of benzene rings is 2. The predicted octanol–water partition coefficient (Wildman–Crippen LogP) is 2.91. The van der Waals surface area contributed by atoms with E-state index in [0.29, 0.717) is 23.7 Å². The molecule has 0 amide bonds. The average molecular weight is 304 g/mol. The second-order valence-electron chi connectivity index (χ2n) is 4.86. The van der Waals surface area contributed by atoms with Crippen LogP contribution >= 0.6 is 0 Å². The zero-order chi connectivity index (χ0) is 16.1. The molecule has 2 N–H and O–H groups in total. The molecule has 0 aliphatic rings. The van der Waals surface area contributed by atoms with E-state index in [1.165, 1.54) is 21.3 Å². The zero-order valence-corrected chi connectivity index (χ0v) is 12.9.